The molecule has 0 aromatic heterocycles. The van der Waals surface area contributed by atoms with Gasteiger partial charge in [-0.05, 0) is 24.6 Å². The highest BCUT2D eigenvalue weighted by atomic mass is 16.5. The topological polar surface area (TPSA) is 72.5 Å². The van der Waals surface area contributed by atoms with Gasteiger partial charge in [-0.15, -0.1) is 0 Å². The van der Waals surface area contributed by atoms with E-state index in [1.54, 1.807) is 31.2 Å². The van der Waals surface area contributed by atoms with Crippen molar-refractivity contribution in [3.05, 3.63) is 29.8 Å². The molecule has 4 nitrogen and oxygen atoms in total. The first-order valence-corrected chi connectivity index (χ1v) is 4.30. The number of benzene rings is 1. The second-order valence-corrected chi connectivity index (χ2v) is 2.94. The smallest absolute Gasteiger partial charge is 0.310 e. The van der Waals surface area contributed by atoms with Crippen LogP contribution in [0.2, 0.25) is 0 Å². The first kappa shape index (κ1) is 10.5. The van der Waals surface area contributed by atoms with Crippen LogP contribution in [-0.2, 0) is 4.79 Å². The van der Waals surface area contributed by atoms with Crippen molar-refractivity contribution in [2.45, 2.75) is 12.8 Å². The average molecular weight is 195 g/mol. The van der Waals surface area contributed by atoms with Crippen LogP contribution in [0.3, 0.4) is 0 Å². The molecule has 0 fully saturated rings. The maximum Gasteiger partial charge on any atom is 0.310 e. The van der Waals surface area contributed by atoms with Crippen LogP contribution < -0.4 is 10.5 Å². The average Bonchev–Trinajstić information content (AvgIpc) is 2.17. The molecule has 0 saturated carbocycles. The molecule has 0 bridgehead atoms. The van der Waals surface area contributed by atoms with Crippen molar-refractivity contribution < 1.29 is 14.6 Å². The lowest BCUT2D eigenvalue weighted by Crippen LogP contribution is -2.09. The van der Waals surface area contributed by atoms with Gasteiger partial charge < -0.3 is 9.84 Å². The minimum absolute atomic E-state index is 0.0882. The number of rotatable bonds is 4. The van der Waals surface area contributed by atoms with E-state index < -0.39 is 11.9 Å². The molecule has 76 valence electrons. The van der Waals surface area contributed by atoms with Gasteiger partial charge in [-0.2, -0.15) is 0 Å². The first-order valence-electron chi connectivity index (χ1n) is 4.30. The van der Waals surface area contributed by atoms with Crippen molar-refractivity contribution in [3.8, 4) is 5.75 Å². The largest absolute Gasteiger partial charge is 0.481 e. The Morgan fingerprint density at radius 2 is 2.36 bits per heavy atom. The van der Waals surface area contributed by atoms with Crippen LogP contribution in [0.4, 0.5) is 0 Å². The Balaban J connectivity index is 2.87. The molecular formula is C10H13NO3. The number of nitrogens with two attached hydrogens (primary N) is 1. The molecule has 0 spiro atoms. The van der Waals surface area contributed by atoms with Crippen LogP contribution in [0, 0.1) is 0 Å². The maximum absolute atomic E-state index is 10.7. The number of hydrogen-bond acceptors (Lipinski definition) is 3. The van der Waals surface area contributed by atoms with Crippen molar-refractivity contribution in [1.29, 1.82) is 0 Å². The van der Waals surface area contributed by atoms with Gasteiger partial charge in [-0.25, -0.2) is 0 Å². The highest BCUT2D eigenvalue weighted by molar-refractivity contribution is 5.75. The van der Waals surface area contributed by atoms with E-state index in [1.807, 2.05) is 0 Å². The Kier molecular flexibility index (Phi) is 3.48. The van der Waals surface area contributed by atoms with Gasteiger partial charge in [-0.3, -0.25) is 10.5 Å². The molecule has 0 aliphatic rings. The summed E-state index contributed by atoms with van der Waals surface area (Å²) >= 11 is 0. The summed E-state index contributed by atoms with van der Waals surface area (Å²) in [5.41, 5.74) is 5.92. The zero-order valence-electron chi connectivity index (χ0n) is 7.93. The minimum atomic E-state index is -0.852. The third-order valence-electron chi connectivity index (χ3n) is 1.98. The summed E-state index contributed by atoms with van der Waals surface area (Å²) in [6.07, 6.45) is 0. The highest BCUT2D eigenvalue weighted by Crippen LogP contribution is 2.20. The lowest BCUT2D eigenvalue weighted by Gasteiger charge is -2.08. The van der Waals surface area contributed by atoms with Gasteiger partial charge >= 0.3 is 5.97 Å². The SMILES string of the molecule is CC(C(=O)O)c1cccc(OCN)c1. The lowest BCUT2D eigenvalue weighted by atomic mass is 10.0. The summed E-state index contributed by atoms with van der Waals surface area (Å²) in [7, 11) is 0. The number of carboxylic acids is 1. The van der Waals surface area contributed by atoms with Crippen molar-refractivity contribution in [2.24, 2.45) is 5.73 Å². The summed E-state index contributed by atoms with van der Waals surface area (Å²) in [5.74, 6) is -0.788. The molecule has 1 atom stereocenters. The first-order chi connectivity index (χ1) is 6.65. The molecule has 1 aromatic rings. The fourth-order valence-corrected chi connectivity index (χ4v) is 1.11. The number of hydrogen-bond donors (Lipinski definition) is 2. The molecule has 1 unspecified atom stereocenters. The molecule has 1 rings (SSSR count). The van der Waals surface area contributed by atoms with E-state index in [-0.39, 0.29) is 6.73 Å². The molecule has 0 saturated heterocycles. The van der Waals surface area contributed by atoms with Gasteiger partial charge in [0.2, 0.25) is 0 Å². The van der Waals surface area contributed by atoms with Crippen molar-refractivity contribution in [2.75, 3.05) is 6.73 Å². The third kappa shape index (κ3) is 2.47. The second-order valence-electron chi connectivity index (χ2n) is 2.94. The number of aliphatic carboxylic acids is 1. The van der Waals surface area contributed by atoms with Gasteiger partial charge in [0.25, 0.3) is 0 Å². The summed E-state index contributed by atoms with van der Waals surface area (Å²) in [5, 5.41) is 8.79. The Labute approximate surface area is 82.3 Å². The van der Waals surface area contributed by atoms with E-state index in [9.17, 15) is 4.79 Å². The summed E-state index contributed by atoms with van der Waals surface area (Å²) in [6.45, 7) is 1.72. The van der Waals surface area contributed by atoms with E-state index in [4.69, 9.17) is 15.6 Å². The van der Waals surface area contributed by atoms with Gasteiger partial charge in [0.05, 0.1) is 5.92 Å². The standard InChI is InChI=1S/C10H13NO3/c1-7(10(12)13)8-3-2-4-9(5-8)14-6-11/h2-5,7H,6,11H2,1H3,(H,12,13). The second kappa shape index (κ2) is 4.62. The Morgan fingerprint density at radius 3 is 2.93 bits per heavy atom. The van der Waals surface area contributed by atoms with Crippen LogP contribution in [0.1, 0.15) is 18.4 Å². The van der Waals surface area contributed by atoms with Crippen molar-refractivity contribution in [1.82, 2.24) is 0 Å². The summed E-state index contributed by atoms with van der Waals surface area (Å²) < 4.78 is 5.06. The molecule has 4 heteroatoms. The van der Waals surface area contributed by atoms with E-state index in [0.29, 0.717) is 11.3 Å². The van der Waals surface area contributed by atoms with Gasteiger partial charge in [0.1, 0.15) is 12.5 Å². The monoisotopic (exact) mass is 195 g/mol. The van der Waals surface area contributed by atoms with Crippen molar-refractivity contribution in [3.63, 3.8) is 0 Å². The zero-order chi connectivity index (χ0) is 10.6. The van der Waals surface area contributed by atoms with Crippen LogP contribution >= 0.6 is 0 Å². The number of ether oxygens (including phenoxy) is 1. The fraction of sp³-hybridized carbons (Fsp3) is 0.300. The van der Waals surface area contributed by atoms with Gasteiger partial charge in [-0.1, -0.05) is 12.1 Å². The van der Waals surface area contributed by atoms with Gasteiger partial charge in [0.15, 0.2) is 0 Å². The lowest BCUT2D eigenvalue weighted by molar-refractivity contribution is -0.138. The third-order valence-corrected chi connectivity index (χ3v) is 1.98. The molecule has 0 aliphatic heterocycles. The zero-order valence-corrected chi connectivity index (χ0v) is 7.93. The molecule has 0 aliphatic carbocycles. The van der Waals surface area contributed by atoms with E-state index in [2.05, 4.69) is 0 Å². The highest BCUT2D eigenvalue weighted by Gasteiger charge is 2.13. The van der Waals surface area contributed by atoms with E-state index in [0.717, 1.165) is 0 Å². The van der Waals surface area contributed by atoms with Crippen molar-refractivity contribution >= 4 is 5.97 Å². The summed E-state index contributed by atoms with van der Waals surface area (Å²) in [6, 6.07) is 6.93. The Bertz CT molecular complexity index is 325. The van der Waals surface area contributed by atoms with Crippen LogP contribution in [0.25, 0.3) is 0 Å². The van der Waals surface area contributed by atoms with Crippen LogP contribution in [0.5, 0.6) is 5.75 Å². The predicted octanol–water partition coefficient (Wildman–Crippen LogP) is 1.17. The molecule has 0 amide bonds. The summed E-state index contributed by atoms with van der Waals surface area (Å²) in [4.78, 5) is 10.7. The van der Waals surface area contributed by atoms with Gasteiger partial charge in [0, 0.05) is 0 Å². The molecule has 1 aromatic carbocycles. The minimum Gasteiger partial charge on any atom is -0.481 e. The Hall–Kier alpha value is -1.55. The Morgan fingerprint density at radius 1 is 1.64 bits per heavy atom. The van der Waals surface area contributed by atoms with E-state index >= 15 is 0 Å². The molecule has 14 heavy (non-hydrogen) atoms. The fourth-order valence-electron chi connectivity index (χ4n) is 1.11. The molecule has 0 heterocycles. The maximum atomic E-state index is 10.7. The predicted molar refractivity (Wildman–Crippen MR) is 52.2 cm³/mol. The normalized spacial score (nSPS) is 12.1. The molecule has 3 N–H and O–H groups in total. The quantitative estimate of drug-likeness (QED) is 0.707. The van der Waals surface area contributed by atoms with Crippen LogP contribution in [-0.4, -0.2) is 17.8 Å². The van der Waals surface area contributed by atoms with E-state index in [1.165, 1.54) is 0 Å². The van der Waals surface area contributed by atoms with Crippen LogP contribution in [0.15, 0.2) is 24.3 Å². The molecular weight excluding hydrogens is 182 g/mol. The number of carboxylic acid groups (broad SMARTS) is 1. The number of carbonyl (C=O) groups is 1. The molecule has 0 radical (unpaired) electrons.